The van der Waals surface area contributed by atoms with Gasteiger partial charge in [0.1, 0.15) is 5.75 Å². The molecular formula is C17H19N3O5. The first kappa shape index (κ1) is 16.8. The summed E-state index contributed by atoms with van der Waals surface area (Å²) in [6.07, 6.45) is 2.95. The summed E-state index contributed by atoms with van der Waals surface area (Å²) in [5.41, 5.74) is 0.598. The zero-order valence-electron chi connectivity index (χ0n) is 13.8. The highest BCUT2D eigenvalue weighted by Gasteiger charge is 2.25. The van der Waals surface area contributed by atoms with Crippen molar-refractivity contribution in [1.82, 2.24) is 4.90 Å². The number of amides is 1. The fraction of sp³-hybridized carbons (Fsp3) is 0.353. The molecule has 132 valence electrons. The molecule has 0 aliphatic carbocycles. The van der Waals surface area contributed by atoms with Crippen LogP contribution in [0.15, 0.2) is 41.0 Å². The Bertz CT molecular complexity index is 752. The molecule has 1 aliphatic heterocycles. The lowest BCUT2D eigenvalue weighted by Gasteiger charge is -2.32. The standard InChI is InChI=1S/C17H19N3O5/c1-24-15-5-4-13(20(22)23)11-14(15)18-12-6-8-19(9-7-12)17(21)16-3-2-10-25-16/h2-5,10-12,18H,6-9H2,1H3. The Morgan fingerprint density at radius 2 is 2.12 bits per heavy atom. The van der Waals surface area contributed by atoms with Gasteiger partial charge in [-0.2, -0.15) is 0 Å². The molecule has 0 saturated carbocycles. The van der Waals surface area contributed by atoms with E-state index in [1.165, 1.54) is 25.5 Å². The highest BCUT2D eigenvalue weighted by atomic mass is 16.6. The van der Waals surface area contributed by atoms with Gasteiger partial charge < -0.3 is 19.4 Å². The molecule has 1 saturated heterocycles. The van der Waals surface area contributed by atoms with E-state index in [0.29, 0.717) is 30.3 Å². The summed E-state index contributed by atoms with van der Waals surface area (Å²) in [5, 5.41) is 14.3. The van der Waals surface area contributed by atoms with Crippen LogP contribution in [-0.4, -0.2) is 42.0 Å². The maximum Gasteiger partial charge on any atom is 0.289 e. The Kier molecular flexibility index (Phi) is 4.87. The van der Waals surface area contributed by atoms with Gasteiger partial charge in [-0.25, -0.2) is 0 Å². The van der Waals surface area contributed by atoms with Crippen molar-refractivity contribution in [2.24, 2.45) is 0 Å². The van der Waals surface area contributed by atoms with Crippen LogP contribution in [0.5, 0.6) is 5.75 Å². The van der Waals surface area contributed by atoms with Gasteiger partial charge >= 0.3 is 0 Å². The van der Waals surface area contributed by atoms with Crippen molar-refractivity contribution in [2.75, 3.05) is 25.5 Å². The van der Waals surface area contributed by atoms with E-state index >= 15 is 0 Å². The number of methoxy groups -OCH3 is 1. The van der Waals surface area contributed by atoms with Gasteiger partial charge in [-0.1, -0.05) is 0 Å². The van der Waals surface area contributed by atoms with Crippen molar-refractivity contribution in [3.63, 3.8) is 0 Å². The van der Waals surface area contributed by atoms with E-state index in [4.69, 9.17) is 9.15 Å². The van der Waals surface area contributed by atoms with E-state index in [0.717, 1.165) is 12.8 Å². The normalized spacial score (nSPS) is 15.0. The summed E-state index contributed by atoms with van der Waals surface area (Å²) in [6.45, 7) is 1.18. The molecule has 2 aromatic rings. The van der Waals surface area contributed by atoms with Crippen LogP contribution in [0.1, 0.15) is 23.4 Å². The zero-order chi connectivity index (χ0) is 17.8. The number of hydrogen-bond donors (Lipinski definition) is 1. The number of nitrogens with one attached hydrogen (secondary N) is 1. The van der Waals surface area contributed by atoms with Gasteiger partial charge in [0.05, 0.1) is 24.0 Å². The minimum atomic E-state index is -0.435. The van der Waals surface area contributed by atoms with E-state index in [9.17, 15) is 14.9 Å². The molecule has 1 aromatic carbocycles. The van der Waals surface area contributed by atoms with E-state index in [2.05, 4.69) is 5.32 Å². The second kappa shape index (κ2) is 7.25. The number of piperidine rings is 1. The van der Waals surface area contributed by atoms with Gasteiger partial charge in [0, 0.05) is 31.3 Å². The summed E-state index contributed by atoms with van der Waals surface area (Å²) in [7, 11) is 1.52. The highest BCUT2D eigenvalue weighted by molar-refractivity contribution is 5.91. The second-order valence-corrected chi connectivity index (χ2v) is 5.83. The number of anilines is 1. The van der Waals surface area contributed by atoms with Crippen LogP contribution in [0.25, 0.3) is 0 Å². The second-order valence-electron chi connectivity index (χ2n) is 5.83. The molecule has 8 heteroatoms. The molecule has 1 aliphatic rings. The van der Waals surface area contributed by atoms with Crippen LogP contribution in [0.4, 0.5) is 11.4 Å². The number of likely N-dealkylation sites (tertiary alicyclic amines) is 1. The van der Waals surface area contributed by atoms with Crippen molar-refractivity contribution in [1.29, 1.82) is 0 Å². The van der Waals surface area contributed by atoms with Crippen molar-refractivity contribution in [2.45, 2.75) is 18.9 Å². The molecule has 3 rings (SSSR count). The predicted molar refractivity (Wildman–Crippen MR) is 90.9 cm³/mol. The number of benzene rings is 1. The van der Waals surface area contributed by atoms with Gasteiger partial charge in [0.25, 0.3) is 11.6 Å². The Balaban J connectivity index is 1.63. The maximum absolute atomic E-state index is 12.3. The molecule has 0 radical (unpaired) electrons. The van der Waals surface area contributed by atoms with Crippen LogP contribution in [0.3, 0.4) is 0 Å². The molecule has 0 atom stereocenters. The highest BCUT2D eigenvalue weighted by Crippen LogP contribution is 2.30. The maximum atomic E-state index is 12.3. The number of carbonyl (C=O) groups excluding carboxylic acids is 1. The fourth-order valence-electron chi connectivity index (χ4n) is 2.93. The molecule has 0 spiro atoms. The van der Waals surface area contributed by atoms with Gasteiger partial charge in [0.2, 0.25) is 0 Å². The lowest BCUT2D eigenvalue weighted by atomic mass is 10.0. The monoisotopic (exact) mass is 345 g/mol. The number of rotatable bonds is 5. The third-order valence-corrected chi connectivity index (χ3v) is 4.27. The average Bonchev–Trinajstić information content (AvgIpc) is 3.16. The predicted octanol–water partition coefficient (Wildman–Crippen LogP) is 2.91. The summed E-state index contributed by atoms with van der Waals surface area (Å²) in [6, 6.07) is 7.91. The van der Waals surface area contributed by atoms with Crippen molar-refractivity contribution >= 4 is 17.3 Å². The Hall–Kier alpha value is -3.03. The lowest BCUT2D eigenvalue weighted by Crippen LogP contribution is -2.42. The van der Waals surface area contributed by atoms with Crippen molar-refractivity contribution in [3.8, 4) is 5.75 Å². The number of non-ortho nitro benzene ring substituents is 1. The van der Waals surface area contributed by atoms with E-state index in [1.54, 1.807) is 23.1 Å². The largest absolute Gasteiger partial charge is 0.495 e. The van der Waals surface area contributed by atoms with Crippen LogP contribution < -0.4 is 10.1 Å². The third-order valence-electron chi connectivity index (χ3n) is 4.27. The SMILES string of the molecule is COc1ccc([N+](=O)[O-])cc1NC1CCN(C(=O)c2ccco2)CC1. The molecule has 0 unspecified atom stereocenters. The molecule has 1 aromatic heterocycles. The number of nitro groups is 1. The number of nitro benzene ring substituents is 1. The zero-order valence-corrected chi connectivity index (χ0v) is 13.8. The molecule has 2 heterocycles. The Labute approximate surface area is 144 Å². The van der Waals surface area contributed by atoms with Gasteiger partial charge in [-0.3, -0.25) is 14.9 Å². The molecule has 1 N–H and O–H groups in total. The average molecular weight is 345 g/mol. The van der Waals surface area contributed by atoms with Crippen molar-refractivity contribution in [3.05, 3.63) is 52.5 Å². The molecular weight excluding hydrogens is 326 g/mol. The molecule has 25 heavy (non-hydrogen) atoms. The van der Waals surface area contributed by atoms with Gasteiger partial charge in [-0.05, 0) is 31.0 Å². The topological polar surface area (TPSA) is 97.9 Å². The fourth-order valence-corrected chi connectivity index (χ4v) is 2.93. The van der Waals surface area contributed by atoms with Crippen LogP contribution in [-0.2, 0) is 0 Å². The third kappa shape index (κ3) is 3.73. The van der Waals surface area contributed by atoms with E-state index in [1.807, 2.05) is 0 Å². The molecule has 8 nitrogen and oxygen atoms in total. The van der Waals surface area contributed by atoms with Crippen molar-refractivity contribution < 1.29 is 18.9 Å². The van der Waals surface area contributed by atoms with Crippen LogP contribution in [0, 0.1) is 10.1 Å². The Morgan fingerprint density at radius 1 is 1.36 bits per heavy atom. The summed E-state index contributed by atoms with van der Waals surface area (Å²) >= 11 is 0. The minimum Gasteiger partial charge on any atom is -0.495 e. The van der Waals surface area contributed by atoms with E-state index < -0.39 is 4.92 Å². The van der Waals surface area contributed by atoms with E-state index in [-0.39, 0.29) is 17.6 Å². The summed E-state index contributed by atoms with van der Waals surface area (Å²) < 4.78 is 10.4. The molecule has 0 bridgehead atoms. The minimum absolute atomic E-state index is 0.00809. The summed E-state index contributed by atoms with van der Waals surface area (Å²) in [4.78, 5) is 24.5. The summed E-state index contributed by atoms with van der Waals surface area (Å²) in [5.74, 6) is 0.780. The number of hydrogen-bond acceptors (Lipinski definition) is 6. The number of nitrogens with zero attached hydrogens (tertiary/aromatic N) is 2. The van der Waals surface area contributed by atoms with Gasteiger partial charge in [0.15, 0.2) is 5.76 Å². The Morgan fingerprint density at radius 3 is 2.72 bits per heavy atom. The van der Waals surface area contributed by atoms with Gasteiger partial charge in [-0.15, -0.1) is 0 Å². The number of furan rings is 1. The molecule has 1 fully saturated rings. The quantitative estimate of drug-likeness (QED) is 0.661. The number of carbonyl (C=O) groups is 1. The first-order chi connectivity index (χ1) is 12.1. The first-order valence-corrected chi connectivity index (χ1v) is 8.00. The lowest BCUT2D eigenvalue weighted by molar-refractivity contribution is -0.384. The van der Waals surface area contributed by atoms with Crippen LogP contribution in [0.2, 0.25) is 0 Å². The molecule has 1 amide bonds. The van der Waals surface area contributed by atoms with Crippen LogP contribution >= 0.6 is 0 Å². The smallest absolute Gasteiger partial charge is 0.289 e. The number of ether oxygens (including phenoxy) is 1. The first-order valence-electron chi connectivity index (χ1n) is 8.00.